The zero-order chi connectivity index (χ0) is 22.3. The van der Waals surface area contributed by atoms with Crippen LogP contribution in [0, 0.1) is 5.82 Å². The molecule has 166 valence electrons. The Morgan fingerprint density at radius 2 is 1.74 bits per heavy atom. The summed E-state index contributed by atoms with van der Waals surface area (Å²) in [7, 11) is -4.12. The van der Waals surface area contributed by atoms with Gasteiger partial charge < -0.3 is 21.1 Å². The van der Waals surface area contributed by atoms with Gasteiger partial charge in [0.25, 0.3) is 0 Å². The first-order valence-corrected chi connectivity index (χ1v) is 11.7. The quantitative estimate of drug-likeness (QED) is 0.491. The minimum absolute atomic E-state index is 0.0119. The molecule has 2 aliphatic heterocycles. The molecule has 8 nitrogen and oxygen atoms in total. The Hall–Kier alpha value is -2.11. The number of nitrogens with one attached hydrogen (secondary N) is 3. The first-order chi connectivity index (χ1) is 14.7. The minimum atomic E-state index is -4.12. The molecule has 2 fully saturated rings. The fourth-order valence-electron chi connectivity index (χ4n) is 4.00. The fourth-order valence-corrected chi connectivity index (χ4v) is 6.65. The third kappa shape index (κ3) is 4.06. The number of nitrogens with zero attached hydrogens (tertiary/aromatic N) is 1. The molecule has 4 N–H and O–H groups in total. The number of piperazine rings is 1. The molecule has 0 unspecified atom stereocenters. The van der Waals surface area contributed by atoms with E-state index in [2.05, 4.69) is 16.0 Å². The largest absolute Gasteiger partial charge is 0.504 e. The summed E-state index contributed by atoms with van der Waals surface area (Å²) in [4.78, 5) is 11.9. The first-order valence-electron chi connectivity index (χ1n) is 9.48. The van der Waals surface area contributed by atoms with Crippen molar-refractivity contribution < 1.29 is 22.7 Å². The summed E-state index contributed by atoms with van der Waals surface area (Å²) in [6.07, 6.45) is 1.42. The molecule has 4 rings (SSSR count). The van der Waals surface area contributed by atoms with Gasteiger partial charge in [0.2, 0.25) is 10.0 Å². The van der Waals surface area contributed by atoms with Crippen LogP contribution in [0.3, 0.4) is 0 Å². The number of anilines is 2. The van der Waals surface area contributed by atoms with E-state index in [1.54, 1.807) is 0 Å². The number of urea groups is 1. The van der Waals surface area contributed by atoms with Gasteiger partial charge in [0.1, 0.15) is 10.7 Å². The standard InChI is InChI=1S/C19H19Cl2FN4O4S/c20-12-6-7-15(25-19(28)24-14-3-1-2-13(22)16(14)21)17(27)18(12)31(29,30)26-10-4-5-11(26)9-23-8-10/h1-3,6-7,10-11,23,27H,4-5,8-9H2,(H2,24,25,28)/t10-,11-/m0/s1. The van der Waals surface area contributed by atoms with Gasteiger partial charge in [0.05, 0.1) is 21.4 Å². The van der Waals surface area contributed by atoms with Crippen LogP contribution in [-0.4, -0.2) is 49.0 Å². The normalized spacial score (nSPS) is 21.1. The smallest absolute Gasteiger partial charge is 0.323 e. The van der Waals surface area contributed by atoms with Crippen LogP contribution >= 0.6 is 23.2 Å². The van der Waals surface area contributed by atoms with Gasteiger partial charge in [-0.2, -0.15) is 4.31 Å². The van der Waals surface area contributed by atoms with Crippen LogP contribution in [0.15, 0.2) is 35.2 Å². The van der Waals surface area contributed by atoms with Crippen molar-refractivity contribution in [3.8, 4) is 5.75 Å². The Morgan fingerprint density at radius 3 is 2.42 bits per heavy atom. The van der Waals surface area contributed by atoms with Crippen LogP contribution in [0.5, 0.6) is 5.75 Å². The number of fused-ring (bicyclic) bond motifs is 2. The van der Waals surface area contributed by atoms with Crippen LogP contribution in [0.25, 0.3) is 0 Å². The Labute approximate surface area is 188 Å². The molecule has 2 atom stereocenters. The summed E-state index contributed by atoms with van der Waals surface area (Å²) >= 11 is 12.0. The maximum atomic E-state index is 13.6. The molecule has 0 saturated carbocycles. The first kappa shape index (κ1) is 22.1. The molecule has 2 aliphatic rings. The molecule has 2 aromatic rings. The zero-order valence-electron chi connectivity index (χ0n) is 16.0. The molecule has 2 bridgehead atoms. The van der Waals surface area contributed by atoms with Crippen molar-refractivity contribution in [1.82, 2.24) is 9.62 Å². The number of aromatic hydroxyl groups is 1. The number of phenols is 1. The van der Waals surface area contributed by atoms with Crippen molar-refractivity contribution in [3.05, 3.63) is 46.2 Å². The average Bonchev–Trinajstić information content (AvgIpc) is 2.98. The van der Waals surface area contributed by atoms with E-state index in [4.69, 9.17) is 23.2 Å². The van der Waals surface area contributed by atoms with Crippen LogP contribution in [0.4, 0.5) is 20.6 Å². The van der Waals surface area contributed by atoms with Gasteiger partial charge in [-0.3, -0.25) is 0 Å². The highest BCUT2D eigenvalue weighted by Gasteiger charge is 2.46. The molecule has 2 heterocycles. The van der Waals surface area contributed by atoms with Crippen LogP contribution in [-0.2, 0) is 10.0 Å². The van der Waals surface area contributed by atoms with Gasteiger partial charge in [0.15, 0.2) is 5.75 Å². The molecule has 2 aromatic carbocycles. The summed E-state index contributed by atoms with van der Waals surface area (Å²) in [5.74, 6) is -1.39. The predicted molar refractivity (Wildman–Crippen MR) is 116 cm³/mol. The van der Waals surface area contributed by atoms with E-state index in [1.165, 1.54) is 28.6 Å². The third-order valence-corrected chi connectivity index (χ3v) is 8.27. The highest BCUT2D eigenvalue weighted by Crippen LogP contribution is 2.42. The Balaban J connectivity index is 1.62. The molecular formula is C19H19Cl2FN4O4S. The number of carbonyl (C=O) groups is 1. The Kier molecular flexibility index (Phi) is 6.01. The lowest BCUT2D eigenvalue weighted by molar-refractivity contribution is 0.261. The molecule has 12 heteroatoms. The zero-order valence-corrected chi connectivity index (χ0v) is 18.4. The monoisotopic (exact) mass is 488 g/mol. The lowest BCUT2D eigenvalue weighted by Gasteiger charge is -2.34. The second-order valence-electron chi connectivity index (χ2n) is 7.33. The molecule has 2 saturated heterocycles. The number of phenolic OH excluding ortho intramolecular Hbond substituents is 1. The molecule has 2 amide bonds. The van der Waals surface area contributed by atoms with Crippen LogP contribution < -0.4 is 16.0 Å². The van der Waals surface area contributed by atoms with Crippen molar-refractivity contribution in [3.63, 3.8) is 0 Å². The number of hydrogen-bond acceptors (Lipinski definition) is 5. The molecule has 0 aliphatic carbocycles. The van der Waals surface area contributed by atoms with Crippen molar-refractivity contribution in [2.24, 2.45) is 0 Å². The summed E-state index contributed by atoms with van der Waals surface area (Å²) in [6.45, 7) is 1.03. The van der Waals surface area contributed by atoms with E-state index < -0.39 is 32.5 Å². The van der Waals surface area contributed by atoms with Gasteiger partial charge >= 0.3 is 6.03 Å². The Morgan fingerprint density at radius 1 is 1.10 bits per heavy atom. The number of rotatable bonds is 4. The topological polar surface area (TPSA) is 111 Å². The van der Waals surface area contributed by atoms with Crippen molar-refractivity contribution in [2.45, 2.75) is 29.8 Å². The number of benzene rings is 2. The highest BCUT2D eigenvalue weighted by atomic mass is 35.5. The summed E-state index contributed by atoms with van der Waals surface area (Å²) in [5.41, 5.74) is -0.159. The maximum Gasteiger partial charge on any atom is 0.323 e. The van der Waals surface area contributed by atoms with Gasteiger partial charge in [-0.05, 0) is 37.1 Å². The van der Waals surface area contributed by atoms with E-state index in [1.807, 2.05) is 0 Å². The molecular weight excluding hydrogens is 470 g/mol. The second-order valence-corrected chi connectivity index (χ2v) is 9.90. The maximum absolute atomic E-state index is 13.6. The summed E-state index contributed by atoms with van der Waals surface area (Å²) < 4.78 is 41.7. The molecule has 0 aromatic heterocycles. The van der Waals surface area contributed by atoms with E-state index in [9.17, 15) is 22.7 Å². The number of hydrogen-bond donors (Lipinski definition) is 4. The Bertz CT molecular complexity index is 1130. The summed E-state index contributed by atoms with van der Waals surface area (Å²) in [5, 5.41) is 18.2. The van der Waals surface area contributed by atoms with Crippen molar-refractivity contribution >= 4 is 50.6 Å². The fraction of sp³-hybridized carbons (Fsp3) is 0.316. The van der Waals surface area contributed by atoms with Crippen molar-refractivity contribution in [2.75, 3.05) is 23.7 Å². The van der Waals surface area contributed by atoms with E-state index >= 15 is 0 Å². The van der Waals surface area contributed by atoms with Gasteiger partial charge in [-0.1, -0.05) is 29.3 Å². The molecule has 0 radical (unpaired) electrons. The van der Waals surface area contributed by atoms with Gasteiger partial charge in [0, 0.05) is 25.2 Å². The number of amides is 2. The highest BCUT2D eigenvalue weighted by molar-refractivity contribution is 7.89. The predicted octanol–water partition coefficient (Wildman–Crippen LogP) is 3.61. The van der Waals surface area contributed by atoms with E-state index in [0.29, 0.717) is 25.9 Å². The van der Waals surface area contributed by atoms with Crippen LogP contribution in [0.1, 0.15) is 12.8 Å². The lowest BCUT2D eigenvalue weighted by Crippen LogP contribution is -2.54. The van der Waals surface area contributed by atoms with Gasteiger partial charge in [-0.25, -0.2) is 17.6 Å². The second kappa shape index (κ2) is 8.44. The number of halogens is 3. The third-order valence-electron chi connectivity index (χ3n) is 5.38. The average molecular weight is 489 g/mol. The molecule has 0 spiro atoms. The number of carbonyl (C=O) groups excluding carboxylic acids is 1. The number of sulfonamides is 1. The lowest BCUT2D eigenvalue weighted by atomic mass is 10.2. The van der Waals surface area contributed by atoms with Crippen LogP contribution in [0.2, 0.25) is 10.0 Å². The van der Waals surface area contributed by atoms with E-state index in [0.717, 1.165) is 6.07 Å². The SMILES string of the molecule is O=C(Nc1ccc(Cl)c(S(=O)(=O)N2[C@H]3CC[C@H]2CNC3)c1O)Nc1cccc(F)c1Cl. The molecule has 31 heavy (non-hydrogen) atoms. The summed E-state index contributed by atoms with van der Waals surface area (Å²) in [6, 6.07) is 5.14. The van der Waals surface area contributed by atoms with Crippen molar-refractivity contribution in [1.29, 1.82) is 0 Å². The van der Waals surface area contributed by atoms with Gasteiger partial charge in [-0.15, -0.1) is 0 Å². The van der Waals surface area contributed by atoms with E-state index in [-0.39, 0.29) is 33.5 Å². The minimum Gasteiger partial charge on any atom is -0.504 e.